The van der Waals surface area contributed by atoms with E-state index in [0.717, 1.165) is 31.2 Å². The Morgan fingerprint density at radius 1 is 1.56 bits per heavy atom. The molecule has 1 aliphatic rings. The van der Waals surface area contributed by atoms with E-state index in [0.29, 0.717) is 6.54 Å². The average molecular weight is 226 g/mol. The van der Waals surface area contributed by atoms with Crippen LogP contribution < -0.4 is 10.1 Å². The van der Waals surface area contributed by atoms with Gasteiger partial charge in [0.2, 0.25) is 0 Å². The van der Waals surface area contributed by atoms with E-state index in [4.69, 9.17) is 4.74 Å². The van der Waals surface area contributed by atoms with Gasteiger partial charge in [0.25, 0.3) is 5.69 Å². The normalized spacial score (nSPS) is 19.7. The number of rotatable bonds is 3. The van der Waals surface area contributed by atoms with Crippen molar-refractivity contribution >= 4 is 5.69 Å². The Hall–Kier alpha value is -1.69. The molecule has 0 aliphatic carbocycles. The van der Waals surface area contributed by atoms with Crippen LogP contribution in [-0.4, -0.2) is 24.1 Å². The standard InChI is InChI=1S/C10H11FN2O3/c11-9-2-1-7(13(14)15)5-10(9)16-8-3-4-12-6-8/h1-2,5,8,12H,3-4,6H2. The summed E-state index contributed by atoms with van der Waals surface area (Å²) in [5, 5.41) is 13.6. The summed E-state index contributed by atoms with van der Waals surface area (Å²) in [4.78, 5) is 9.95. The molecule has 5 nitrogen and oxygen atoms in total. The molecule has 1 unspecified atom stereocenters. The van der Waals surface area contributed by atoms with E-state index in [-0.39, 0.29) is 17.5 Å². The molecule has 16 heavy (non-hydrogen) atoms. The number of nitro benzene ring substituents is 1. The summed E-state index contributed by atoms with van der Waals surface area (Å²) in [5.41, 5.74) is -0.164. The van der Waals surface area contributed by atoms with E-state index in [1.807, 2.05) is 0 Å². The van der Waals surface area contributed by atoms with Crippen molar-refractivity contribution in [2.75, 3.05) is 13.1 Å². The third-order valence-electron chi connectivity index (χ3n) is 2.43. The number of hydrogen-bond donors (Lipinski definition) is 1. The number of hydrogen-bond acceptors (Lipinski definition) is 4. The summed E-state index contributed by atoms with van der Waals surface area (Å²) in [7, 11) is 0. The summed E-state index contributed by atoms with van der Waals surface area (Å²) in [5.74, 6) is -0.625. The lowest BCUT2D eigenvalue weighted by Crippen LogP contribution is -2.20. The maximum atomic E-state index is 13.3. The molecule has 1 aromatic rings. The number of nitrogens with one attached hydrogen (secondary N) is 1. The van der Waals surface area contributed by atoms with Crippen LogP contribution in [-0.2, 0) is 0 Å². The van der Waals surface area contributed by atoms with Crippen LogP contribution in [0.4, 0.5) is 10.1 Å². The van der Waals surface area contributed by atoms with Crippen LogP contribution >= 0.6 is 0 Å². The van der Waals surface area contributed by atoms with Crippen LogP contribution in [0.5, 0.6) is 5.75 Å². The second-order valence-corrected chi connectivity index (χ2v) is 3.60. The Morgan fingerprint density at radius 3 is 3.00 bits per heavy atom. The first kappa shape index (κ1) is 10.8. The van der Waals surface area contributed by atoms with E-state index >= 15 is 0 Å². The number of non-ortho nitro benzene ring substituents is 1. The summed E-state index contributed by atoms with van der Waals surface area (Å²) in [6.07, 6.45) is 0.666. The number of nitro groups is 1. The van der Waals surface area contributed by atoms with Crippen molar-refractivity contribution in [3.05, 3.63) is 34.1 Å². The molecule has 0 radical (unpaired) electrons. The summed E-state index contributed by atoms with van der Waals surface area (Å²) in [6, 6.07) is 3.29. The van der Waals surface area contributed by atoms with E-state index < -0.39 is 10.7 Å². The van der Waals surface area contributed by atoms with E-state index in [1.54, 1.807) is 0 Å². The van der Waals surface area contributed by atoms with Crippen molar-refractivity contribution in [1.82, 2.24) is 5.32 Å². The predicted molar refractivity (Wildman–Crippen MR) is 55.0 cm³/mol. The highest BCUT2D eigenvalue weighted by molar-refractivity contribution is 5.39. The zero-order chi connectivity index (χ0) is 11.5. The molecule has 1 fully saturated rings. The molecule has 1 N–H and O–H groups in total. The molecule has 2 rings (SSSR count). The Balaban J connectivity index is 2.17. The SMILES string of the molecule is O=[N+]([O-])c1ccc(F)c(OC2CCNC2)c1. The lowest BCUT2D eigenvalue weighted by atomic mass is 10.2. The molecule has 1 aromatic carbocycles. The van der Waals surface area contributed by atoms with E-state index in [2.05, 4.69) is 5.32 Å². The Labute approximate surface area is 91.4 Å². The minimum absolute atomic E-state index is 0.0529. The Kier molecular flexibility index (Phi) is 3.00. The van der Waals surface area contributed by atoms with Gasteiger partial charge in [0.05, 0.1) is 11.0 Å². The summed E-state index contributed by atoms with van der Waals surface area (Å²) in [6.45, 7) is 1.46. The van der Waals surface area contributed by atoms with Gasteiger partial charge in [-0.15, -0.1) is 0 Å². The van der Waals surface area contributed by atoms with Crippen LogP contribution in [0.1, 0.15) is 6.42 Å². The number of ether oxygens (including phenoxy) is 1. The van der Waals surface area contributed by atoms with Crippen LogP contribution in [0.3, 0.4) is 0 Å². The molecule has 86 valence electrons. The highest BCUT2D eigenvalue weighted by Gasteiger charge is 2.19. The molecule has 0 spiro atoms. The maximum Gasteiger partial charge on any atom is 0.273 e. The average Bonchev–Trinajstić information content (AvgIpc) is 2.73. The number of halogens is 1. The molecule has 0 amide bonds. The Morgan fingerprint density at radius 2 is 2.38 bits per heavy atom. The zero-order valence-electron chi connectivity index (χ0n) is 8.48. The fourth-order valence-corrected chi connectivity index (χ4v) is 1.60. The van der Waals surface area contributed by atoms with Gasteiger partial charge in [-0.05, 0) is 19.0 Å². The van der Waals surface area contributed by atoms with Crippen LogP contribution in [0.15, 0.2) is 18.2 Å². The fraction of sp³-hybridized carbons (Fsp3) is 0.400. The highest BCUT2D eigenvalue weighted by atomic mass is 19.1. The molecule has 0 aromatic heterocycles. The molecule has 1 aliphatic heterocycles. The van der Waals surface area contributed by atoms with Gasteiger partial charge in [-0.1, -0.05) is 0 Å². The van der Waals surface area contributed by atoms with Crippen molar-refractivity contribution < 1.29 is 14.1 Å². The van der Waals surface area contributed by atoms with Gasteiger partial charge in [-0.2, -0.15) is 0 Å². The van der Waals surface area contributed by atoms with Crippen LogP contribution in [0.25, 0.3) is 0 Å². The smallest absolute Gasteiger partial charge is 0.273 e. The molecular formula is C10H11FN2O3. The van der Waals surface area contributed by atoms with Gasteiger partial charge in [0.15, 0.2) is 11.6 Å². The van der Waals surface area contributed by atoms with E-state index in [9.17, 15) is 14.5 Å². The largest absolute Gasteiger partial charge is 0.486 e. The fourth-order valence-electron chi connectivity index (χ4n) is 1.60. The number of nitrogens with zero attached hydrogens (tertiary/aromatic N) is 1. The van der Waals surface area contributed by atoms with Crippen LogP contribution in [0.2, 0.25) is 0 Å². The molecule has 6 heteroatoms. The highest BCUT2D eigenvalue weighted by Crippen LogP contribution is 2.25. The zero-order valence-corrected chi connectivity index (χ0v) is 8.48. The van der Waals surface area contributed by atoms with Gasteiger partial charge in [0, 0.05) is 12.6 Å². The molecular weight excluding hydrogens is 215 g/mol. The molecule has 0 saturated carbocycles. The van der Waals surface area contributed by atoms with Crippen molar-refractivity contribution in [2.45, 2.75) is 12.5 Å². The van der Waals surface area contributed by atoms with Crippen LogP contribution in [0, 0.1) is 15.9 Å². The maximum absolute atomic E-state index is 13.3. The predicted octanol–water partition coefficient (Wildman–Crippen LogP) is 1.47. The van der Waals surface area contributed by atoms with E-state index in [1.165, 1.54) is 0 Å². The molecule has 1 heterocycles. The lowest BCUT2D eigenvalue weighted by molar-refractivity contribution is -0.385. The summed E-state index contributed by atoms with van der Waals surface area (Å²) >= 11 is 0. The monoisotopic (exact) mass is 226 g/mol. The minimum atomic E-state index is -0.572. The van der Waals surface area contributed by atoms with Crippen molar-refractivity contribution in [1.29, 1.82) is 0 Å². The summed E-state index contributed by atoms with van der Waals surface area (Å²) < 4.78 is 18.7. The number of benzene rings is 1. The lowest BCUT2D eigenvalue weighted by Gasteiger charge is -2.12. The van der Waals surface area contributed by atoms with Gasteiger partial charge in [-0.25, -0.2) is 4.39 Å². The second-order valence-electron chi connectivity index (χ2n) is 3.60. The first-order valence-electron chi connectivity index (χ1n) is 4.98. The first-order chi connectivity index (χ1) is 7.66. The third-order valence-corrected chi connectivity index (χ3v) is 2.43. The van der Waals surface area contributed by atoms with Gasteiger partial charge >= 0.3 is 0 Å². The Bertz CT molecular complexity index is 405. The first-order valence-corrected chi connectivity index (χ1v) is 4.98. The quantitative estimate of drug-likeness (QED) is 0.626. The molecule has 1 atom stereocenters. The topological polar surface area (TPSA) is 64.4 Å². The van der Waals surface area contributed by atoms with Crippen molar-refractivity contribution in [2.24, 2.45) is 0 Å². The third kappa shape index (κ3) is 2.27. The van der Waals surface area contributed by atoms with Crippen molar-refractivity contribution in [3.63, 3.8) is 0 Å². The second kappa shape index (κ2) is 4.44. The van der Waals surface area contributed by atoms with Gasteiger partial charge in [-0.3, -0.25) is 10.1 Å². The van der Waals surface area contributed by atoms with Crippen molar-refractivity contribution in [3.8, 4) is 5.75 Å². The van der Waals surface area contributed by atoms with Gasteiger partial charge in [0.1, 0.15) is 6.10 Å². The molecule has 1 saturated heterocycles. The van der Waals surface area contributed by atoms with Gasteiger partial charge < -0.3 is 10.1 Å². The molecule has 0 bridgehead atoms. The minimum Gasteiger partial charge on any atom is -0.486 e.